The number of hydrogen-bond donors (Lipinski definition) is 1. The maximum absolute atomic E-state index is 12.9. The second-order valence-corrected chi connectivity index (χ2v) is 9.88. The number of rotatable bonds is 11. The number of primary amides is 1. The lowest BCUT2D eigenvalue weighted by molar-refractivity contribution is -0.118. The van der Waals surface area contributed by atoms with Crippen LogP contribution in [0.4, 0.5) is 0 Å². The summed E-state index contributed by atoms with van der Waals surface area (Å²) in [6.45, 7) is 17.5. The predicted octanol–water partition coefficient (Wildman–Crippen LogP) is 7.98. The molecule has 3 aromatic rings. The summed E-state index contributed by atoms with van der Waals surface area (Å²) in [5, 5.41) is 0.532. The van der Waals surface area contributed by atoms with E-state index in [1.54, 1.807) is 0 Å². The minimum atomic E-state index is -0.720. The first-order valence-electron chi connectivity index (χ1n) is 13.6. The van der Waals surface area contributed by atoms with Crippen LogP contribution in [0.1, 0.15) is 86.4 Å². The van der Waals surface area contributed by atoms with Gasteiger partial charge in [-0.05, 0) is 92.7 Å². The highest BCUT2D eigenvalue weighted by Gasteiger charge is 2.27. The van der Waals surface area contributed by atoms with E-state index < -0.39 is 11.8 Å². The molecule has 3 rings (SSSR count). The zero-order valence-electron chi connectivity index (χ0n) is 23.7. The van der Waals surface area contributed by atoms with Crippen molar-refractivity contribution in [1.29, 1.82) is 0 Å². The number of halogens is 1. The van der Waals surface area contributed by atoms with Gasteiger partial charge in [0.25, 0.3) is 0 Å². The predicted molar refractivity (Wildman–Crippen MR) is 158 cm³/mol. The lowest BCUT2D eigenvalue weighted by Crippen LogP contribution is -2.27. The van der Waals surface area contributed by atoms with E-state index in [2.05, 4.69) is 56.9 Å². The van der Waals surface area contributed by atoms with Crippen LogP contribution in [0.5, 0.6) is 0 Å². The SMILES string of the molecule is CC.CCCCN(CCC)Cc1cc(-c2cccc(C)c2C)nc(C(C(N)=O)c2c(C)cccc2Cl)c1. The Labute approximate surface area is 229 Å². The fourth-order valence-electron chi connectivity index (χ4n) is 4.69. The number of nitrogens with two attached hydrogens (primary N) is 1. The number of hydrogen-bond acceptors (Lipinski definition) is 3. The molecule has 0 fully saturated rings. The zero-order chi connectivity index (χ0) is 27.5. The second-order valence-electron chi connectivity index (χ2n) is 9.47. The molecule has 0 spiro atoms. The van der Waals surface area contributed by atoms with Gasteiger partial charge in [-0.1, -0.05) is 76.0 Å². The van der Waals surface area contributed by atoms with Crippen LogP contribution in [0, 0.1) is 20.8 Å². The molecule has 0 aliphatic carbocycles. The molecule has 0 saturated heterocycles. The van der Waals surface area contributed by atoms with Gasteiger partial charge in [0.1, 0.15) is 5.92 Å². The lowest BCUT2D eigenvalue weighted by atomic mass is 9.89. The van der Waals surface area contributed by atoms with Crippen molar-refractivity contribution in [2.45, 2.75) is 80.2 Å². The summed E-state index contributed by atoms with van der Waals surface area (Å²) >= 11 is 6.60. The lowest BCUT2D eigenvalue weighted by Gasteiger charge is -2.24. The van der Waals surface area contributed by atoms with Crippen LogP contribution in [0.25, 0.3) is 11.3 Å². The summed E-state index contributed by atoms with van der Waals surface area (Å²) in [7, 11) is 0. The summed E-state index contributed by atoms with van der Waals surface area (Å²) in [6.07, 6.45) is 3.41. The van der Waals surface area contributed by atoms with E-state index in [0.717, 1.165) is 66.8 Å². The molecule has 0 aliphatic rings. The molecule has 0 saturated carbocycles. The smallest absolute Gasteiger partial charge is 0.231 e. The number of carbonyl (C=O) groups is 1. The molecule has 0 radical (unpaired) electrons. The molecule has 37 heavy (non-hydrogen) atoms. The molecular formula is C32H44ClN3O. The van der Waals surface area contributed by atoms with Crippen LogP contribution < -0.4 is 5.73 Å². The third-order valence-electron chi connectivity index (χ3n) is 6.70. The summed E-state index contributed by atoms with van der Waals surface area (Å²) in [4.78, 5) is 20.4. The van der Waals surface area contributed by atoms with Gasteiger partial charge in [0, 0.05) is 17.1 Å². The normalized spacial score (nSPS) is 11.7. The summed E-state index contributed by atoms with van der Waals surface area (Å²) < 4.78 is 0. The molecule has 2 N–H and O–H groups in total. The van der Waals surface area contributed by atoms with Crippen LogP contribution in [-0.4, -0.2) is 28.9 Å². The van der Waals surface area contributed by atoms with Crippen molar-refractivity contribution in [3.05, 3.63) is 87.1 Å². The largest absolute Gasteiger partial charge is 0.369 e. The molecule has 200 valence electrons. The molecule has 4 nitrogen and oxygen atoms in total. The van der Waals surface area contributed by atoms with Crippen molar-refractivity contribution in [1.82, 2.24) is 9.88 Å². The van der Waals surface area contributed by atoms with Crippen LogP contribution in [0.2, 0.25) is 5.02 Å². The molecule has 1 atom stereocenters. The van der Waals surface area contributed by atoms with Crippen LogP contribution in [-0.2, 0) is 11.3 Å². The van der Waals surface area contributed by atoms with Crippen molar-refractivity contribution in [3.8, 4) is 11.3 Å². The highest BCUT2D eigenvalue weighted by Crippen LogP contribution is 2.34. The molecule has 1 unspecified atom stereocenters. The number of pyridine rings is 1. The number of aryl methyl sites for hydroxylation is 2. The van der Waals surface area contributed by atoms with Crippen molar-refractivity contribution in [3.63, 3.8) is 0 Å². The Morgan fingerprint density at radius 1 is 0.973 bits per heavy atom. The van der Waals surface area contributed by atoms with Gasteiger partial charge in [0.15, 0.2) is 0 Å². The molecule has 2 aromatic carbocycles. The average molecular weight is 522 g/mol. The Kier molecular flexibility index (Phi) is 12.3. The van der Waals surface area contributed by atoms with E-state index in [0.29, 0.717) is 10.7 Å². The molecule has 1 heterocycles. The Morgan fingerprint density at radius 2 is 1.65 bits per heavy atom. The fraction of sp³-hybridized carbons (Fsp3) is 0.438. The van der Waals surface area contributed by atoms with Crippen molar-refractivity contribution in [2.75, 3.05) is 13.1 Å². The molecule has 0 bridgehead atoms. The van der Waals surface area contributed by atoms with Crippen molar-refractivity contribution >= 4 is 17.5 Å². The van der Waals surface area contributed by atoms with E-state index >= 15 is 0 Å². The maximum Gasteiger partial charge on any atom is 0.231 e. The number of amides is 1. The van der Waals surface area contributed by atoms with Gasteiger partial charge in [-0.25, -0.2) is 0 Å². The molecule has 1 aromatic heterocycles. The maximum atomic E-state index is 12.9. The van der Waals surface area contributed by atoms with E-state index in [9.17, 15) is 4.79 Å². The monoisotopic (exact) mass is 521 g/mol. The zero-order valence-corrected chi connectivity index (χ0v) is 24.5. The third kappa shape index (κ3) is 7.90. The van der Waals surface area contributed by atoms with Gasteiger partial charge in [-0.3, -0.25) is 14.7 Å². The van der Waals surface area contributed by atoms with E-state index in [4.69, 9.17) is 22.3 Å². The fourth-order valence-corrected chi connectivity index (χ4v) is 5.02. The Morgan fingerprint density at radius 3 is 2.27 bits per heavy atom. The minimum absolute atomic E-state index is 0.450. The average Bonchev–Trinajstić information content (AvgIpc) is 2.87. The Bertz CT molecular complexity index is 1150. The first-order chi connectivity index (χ1) is 17.8. The number of carbonyl (C=O) groups excluding carboxylic acids is 1. The van der Waals surface area contributed by atoms with Crippen LogP contribution >= 0.6 is 11.6 Å². The highest BCUT2D eigenvalue weighted by atomic mass is 35.5. The summed E-state index contributed by atoms with van der Waals surface area (Å²) in [5.74, 6) is -1.17. The van der Waals surface area contributed by atoms with Crippen LogP contribution in [0.3, 0.4) is 0 Å². The van der Waals surface area contributed by atoms with E-state index in [1.165, 1.54) is 11.1 Å². The first kappa shape index (κ1) is 30.5. The second kappa shape index (κ2) is 14.9. The summed E-state index contributed by atoms with van der Waals surface area (Å²) in [5.41, 5.74) is 13.8. The van der Waals surface area contributed by atoms with Gasteiger partial charge < -0.3 is 5.73 Å². The van der Waals surface area contributed by atoms with Gasteiger partial charge in [0.05, 0.1) is 11.4 Å². The van der Waals surface area contributed by atoms with Crippen LogP contribution in [0.15, 0.2) is 48.5 Å². The van der Waals surface area contributed by atoms with Gasteiger partial charge in [-0.15, -0.1) is 0 Å². The topological polar surface area (TPSA) is 59.2 Å². The third-order valence-corrected chi connectivity index (χ3v) is 7.03. The summed E-state index contributed by atoms with van der Waals surface area (Å²) in [6, 6.07) is 16.1. The quantitative estimate of drug-likeness (QED) is 0.278. The van der Waals surface area contributed by atoms with Gasteiger partial charge in [-0.2, -0.15) is 0 Å². The molecular weight excluding hydrogens is 478 g/mol. The van der Waals surface area contributed by atoms with Crippen molar-refractivity contribution in [2.24, 2.45) is 5.73 Å². The standard InChI is InChI=1S/C30H38ClN3O.C2H6/c1-6-8-16-34(15-7-2)19-23-17-26(24-13-9-11-20(3)22(24)5)33-27(18-23)29(30(32)35)28-21(4)12-10-14-25(28)31;1-2/h9-14,17-18,29H,6-8,15-16,19H2,1-5H3,(H2,32,35);1-2H3. The van der Waals surface area contributed by atoms with E-state index in [1.807, 2.05) is 45.0 Å². The Balaban J connectivity index is 0.00000235. The highest BCUT2D eigenvalue weighted by molar-refractivity contribution is 6.31. The Hall–Kier alpha value is -2.69. The molecule has 5 heteroatoms. The first-order valence-corrected chi connectivity index (χ1v) is 14.0. The molecule has 1 amide bonds. The van der Waals surface area contributed by atoms with Gasteiger partial charge >= 0.3 is 0 Å². The minimum Gasteiger partial charge on any atom is -0.369 e. The number of nitrogens with zero attached hydrogens (tertiary/aromatic N) is 2. The molecule has 0 aliphatic heterocycles. The number of benzene rings is 2. The van der Waals surface area contributed by atoms with Crippen molar-refractivity contribution < 1.29 is 4.79 Å². The van der Waals surface area contributed by atoms with E-state index in [-0.39, 0.29) is 0 Å². The van der Waals surface area contributed by atoms with Gasteiger partial charge in [0.2, 0.25) is 5.91 Å². The number of unbranched alkanes of at least 4 members (excludes halogenated alkanes) is 1. The number of aromatic nitrogens is 1.